The van der Waals surface area contributed by atoms with Crippen molar-refractivity contribution in [1.82, 2.24) is 19.6 Å². The van der Waals surface area contributed by atoms with Crippen molar-refractivity contribution in [2.24, 2.45) is 10.9 Å². The van der Waals surface area contributed by atoms with Crippen LogP contribution in [0.2, 0.25) is 0 Å². The van der Waals surface area contributed by atoms with Crippen LogP contribution in [0.25, 0.3) is 5.57 Å². The monoisotopic (exact) mass is 544 g/mol. The van der Waals surface area contributed by atoms with Gasteiger partial charge in [-0.2, -0.15) is 12.7 Å². The third-order valence-electron chi connectivity index (χ3n) is 7.04. The zero-order chi connectivity index (χ0) is 26.6. The number of aliphatic imine (C=N–C) groups is 1. The third kappa shape index (κ3) is 4.49. The van der Waals surface area contributed by atoms with Crippen LogP contribution in [0.1, 0.15) is 46.9 Å². The number of halogens is 3. The number of alkyl halides is 1. The smallest absolute Gasteiger partial charge is 0.301 e. The molecular formula is C25H23F3N6O3S. The number of Topliss-reactive ketones (excluding diaryl/α,β-unsaturated/α-hetero) is 1. The SMILES string of the molecule is O=C(C1=CNC2N=CC(c3cnc(C4CC4)nc3)=CC12)c1c(F)ccc(NS(=O)(=O)N2CCC(F)C2)c1F. The lowest BCUT2D eigenvalue weighted by molar-refractivity contribution is 0.101. The van der Waals surface area contributed by atoms with Crippen molar-refractivity contribution < 1.29 is 26.4 Å². The summed E-state index contributed by atoms with van der Waals surface area (Å²) in [5.74, 6) is -2.89. The van der Waals surface area contributed by atoms with Crippen LogP contribution in [0.15, 0.2) is 47.4 Å². The van der Waals surface area contributed by atoms with E-state index in [2.05, 4.69) is 20.3 Å². The molecule has 3 unspecified atom stereocenters. The first kappa shape index (κ1) is 24.7. The molecule has 1 saturated heterocycles. The van der Waals surface area contributed by atoms with Crippen molar-refractivity contribution in [1.29, 1.82) is 0 Å². The molecule has 1 aliphatic carbocycles. The maximum Gasteiger partial charge on any atom is 0.301 e. The molecule has 1 saturated carbocycles. The summed E-state index contributed by atoms with van der Waals surface area (Å²) in [5, 5.41) is 2.94. The van der Waals surface area contributed by atoms with E-state index in [1.807, 2.05) is 4.72 Å². The first-order chi connectivity index (χ1) is 18.2. The number of allylic oxidation sites excluding steroid dienone is 1. The first-order valence-electron chi connectivity index (χ1n) is 12.2. The minimum Gasteiger partial charge on any atom is -0.369 e. The number of carbonyl (C=O) groups excluding carboxylic acids is 1. The van der Waals surface area contributed by atoms with Crippen molar-refractivity contribution in [2.45, 2.75) is 37.5 Å². The zero-order valence-corrected chi connectivity index (χ0v) is 20.8. The topological polar surface area (TPSA) is 117 Å². The molecule has 198 valence electrons. The van der Waals surface area contributed by atoms with E-state index in [0.29, 0.717) is 17.1 Å². The van der Waals surface area contributed by atoms with Gasteiger partial charge in [0.25, 0.3) is 0 Å². The number of carbonyl (C=O) groups is 1. The van der Waals surface area contributed by atoms with Crippen molar-refractivity contribution in [2.75, 3.05) is 17.8 Å². The van der Waals surface area contributed by atoms with Gasteiger partial charge in [-0.05, 0) is 37.0 Å². The van der Waals surface area contributed by atoms with Crippen LogP contribution in [-0.2, 0) is 10.2 Å². The molecule has 38 heavy (non-hydrogen) atoms. The molecule has 1 aromatic heterocycles. The van der Waals surface area contributed by atoms with Crippen LogP contribution in [0.3, 0.4) is 0 Å². The lowest BCUT2D eigenvalue weighted by atomic mass is 9.88. The number of rotatable bonds is 7. The largest absolute Gasteiger partial charge is 0.369 e. The van der Waals surface area contributed by atoms with Crippen LogP contribution in [-0.4, -0.2) is 60.1 Å². The van der Waals surface area contributed by atoms with E-state index in [-0.39, 0.29) is 25.1 Å². The van der Waals surface area contributed by atoms with Crippen LogP contribution < -0.4 is 10.0 Å². The van der Waals surface area contributed by atoms with E-state index < -0.39 is 57.1 Å². The predicted molar refractivity (Wildman–Crippen MR) is 133 cm³/mol. The predicted octanol–water partition coefficient (Wildman–Crippen LogP) is 3.11. The fraction of sp³-hybridized carbons (Fsp3) is 0.360. The van der Waals surface area contributed by atoms with Gasteiger partial charge in [0.15, 0.2) is 11.6 Å². The summed E-state index contributed by atoms with van der Waals surface area (Å²) < 4.78 is 71.7. The van der Waals surface area contributed by atoms with E-state index in [9.17, 15) is 22.0 Å². The number of aromatic nitrogens is 2. The normalized spacial score (nSPS) is 25.0. The van der Waals surface area contributed by atoms with Crippen LogP contribution in [0.4, 0.5) is 18.9 Å². The average Bonchev–Trinajstić information content (AvgIpc) is 3.51. The summed E-state index contributed by atoms with van der Waals surface area (Å²) in [5.41, 5.74) is -0.0782. The molecule has 3 atom stereocenters. The highest BCUT2D eigenvalue weighted by atomic mass is 32.2. The van der Waals surface area contributed by atoms with Gasteiger partial charge in [-0.3, -0.25) is 14.5 Å². The number of benzene rings is 1. The van der Waals surface area contributed by atoms with Gasteiger partial charge in [0, 0.05) is 60.9 Å². The Labute approximate surface area is 216 Å². The first-order valence-corrected chi connectivity index (χ1v) is 13.6. The molecule has 0 amide bonds. The summed E-state index contributed by atoms with van der Waals surface area (Å²) >= 11 is 0. The zero-order valence-electron chi connectivity index (χ0n) is 19.9. The number of ketones is 1. The molecule has 0 radical (unpaired) electrons. The minimum atomic E-state index is -4.30. The van der Waals surface area contributed by atoms with Gasteiger partial charge in [0.2, 0.25) is 0 Å². The van der Waals surface area contributed by atoms with E-state index >= 15 is 4.39 Å². The molecule has 2 fully saturated rings. The highest BCUT2D eigenvalue weighted by Gasteiger charge is 2.38. The van der Waals surface area contributed by atoms with Gasteiger partial charge < -0.3 is 5.32 Å². The number of dihydropyridines is 1. The number of hydrogen-bond donors (Lipinski definition) is 2. The molecule has 9 nitrogen and oxygen atoms in total. The summed E-state index contributed by atoms with van der Waals surface area (Å²) in [6, 6.07) is 1.70. The second-order valence-corrected chi connectivity index (χ2v) is 11.4. The molecule has 13 heteroatoms. The molecule has 1 aromatic carbocycles. The summed E-state index contributed by atoms with van der Waals surface area (Å²) in [7, 11) is -4.30. The van der Waals surface area contributed by atoms with Gasteiger partial charge in [0.05, 0.1) is 11.3 Å². The average molecular weight is 545 g/mol. The lowest BCUT2D eigenvalue weighted by Gasteiger charge is -2.21. The summed E-state index contributed by atoms with van der Waals surface area (Å²) in [4.78, 5) is 26.6. The standard InChI is InChI=1S/C25H23F3N6O3S/c26-16-5-6-34(12-16)38(36,37)33-20-4-3-19(27)21(22(20)28)23(35)18-11-32-25-17(18)7-14(8-31-25)15-9-29-24(30-10-15)13-1-2-13/h3-4,7-11,13,16-17,25,32-33H,1-2,5-6,12H2. The third-order valence-corrected chi connectivity index (χ3v) is 8.53. The number of hydrogen-bond acceptors (Lipinski definition) is 7. The molecule has 0 spiro atoms. The van der Waals surface area contributed by atoms with Crippen LogP contribution in [0, 0.1) is 17.6 Å². The Kier molecular flexibility index (Phi) is 6.06. The van der Waals surface area contributed by atoms with E-state index in [4.69, 9.17) is 0 Å². The van der Waals surface area contributed by atoms with Gasteiger partial charge >= 0.3 is 10.2 Å². The molecule has 6 rings (SSSR count). The molecular weight excluding hydrogens is 521 g/mol. The highest BCUT2D eigenvalue weighted by Crippen LogP contribution is 2.38. The minimum absolute atomic E-state index is 0.0228. The molecule has 2 N–H and O–H groups in total. The van der Waals surface area contributed by atoms with Gasteiger partial charge in [-0.1, -0.05) is 6.08 Å². The number of anilines is 1. The van der Waals surface area contributed by atoms with Crippen molar-refractivity contribution in [3.8, 4) is 0 Å². The van der Waals surface area contributed by atoms with Crippen molar-refractivity contribution >= 4 is 33.5 Å². The van der Waals surface area contributed by atoms with E-state index in [1.54, 1.807) is 24.7 Å². The van der Waals surface area contributed by atoms with Crippen molar-refractivity contribution in [3.05, 3.63) is 71.0 Å². The Hall–Kier alpha value is -3.58. The maximum absolute atomic E-state index is 15.4. The lowest BCUT2D eigenvalue weighted by Crippen LogP contribution is -2.34. The number of nitrogens with zero attached hydrogens (tertiary/aromatic N) is 4. The fourth-order valence-electron chi connectivity index (χ4n) is 4.78. The fourth-order valence-corrected chi connectivity index (χ4v) is 6.05. The van der Waals surface area contributed by atoms with Gasteiger partial charge in [0.1, 0.15) is 24.0 Å². The Morgan fingerprint density at radius 1 is 1.13 bits per heavy atom. The second kappa shape index (κ2) is 9.31. The molecule has 4 aliphatic rings. The van der Waals surface area contributed by atoms with E-state index in [1.165, 1.54) is 6.20 Å². The van der Waals surface area contributed by atoms with Gasteiger partial charge in [-0.15, -0.1) is 0 Å². The van der Waals surface area contributed by atoms with Crippen molar-refractivity contribution in [3.63, 3.8) is 0 Å². The molecule has 2 aromatic rings. The van der Waals surface area contributed by atoms with Crippen LogP contribution >= 0.6 is 0 Å². The summed E-state index contributed by atoms with van der Waals surface area (Å²) in [6.07, 6.45) is 8.43. The Bertz CT molecular complexity index is 1500. The highest BCUT2D eigenvalue weighted by molar-refractivity contribution is 7.90. The Balaban J connectivity index is 1.26. The van der Waals surface area contributed by atoms with Crippen LogP contribution in [0.5, 0.6) is 0 Å². The molecule has 3 aliphatic heterocycles. The van der Waals surface area contributed by atoms with Gasteiger partial charge in [-0.25, -0.2) is 23.1 Å². The number of nitrogens with one attached hydrogen (secondary N) is 2. The maximum atomic E-state index is 15.4. The second-order valence-electron chi connectivity index (χ2n) is 9.71. The Morgan fingerprint density at radius 2 is 1.89 bits per heavy atom. The number of fused-ring (bicyclic) bond motifs is 1. The van der Waals surface area contributed by atoms with E-state index in [0.717, 1.165) is 35.1 Å². The molecule has 0 bridgehead atoms. The molecule has 4 heterocycles. The summed E-state index contributed by atoms with van der Waals surface area (Å²) in [6.45, 7) is -0.439. The Morgan fingerprint density at radius 3 is 2.58 bits per heavy atom. The quantitative estimate of drug-likeness (QED) is 0.518.